The van der Waals surface area contributed by atoms with Gasteiger partial charge in [0.15, 0.2) is 0 Å². The van der Waals surface area contributed by atoms with Crippen molar-refractivity contribution in [1.29, 1.82) is 0 Å². The predicted molar refractivity (Wildman–Crippen MR) is 105 cm³/mol. The molecule has 0 atom stereocenters. The van der Waals surface area contributed by atoms with E-state index in [4.69, 9.17) is 20.8 Å². The Hall–Kier alpha value is -2.72. The predicted octanol–water partition coefficient (Wildman–Crippen LogP) is 5.01. The monoisotopic (exact) mass is 367 g/mol. The van der Waals surface area contributed by atoms with Crippen molar-refractivity contribution >= 4 is 33.8 Å². The molecule has 26 heavy (non-hydrogen) atoms. The third-order valence-corrected chi connectivity index (χ3v) is 4.92. The van der Waals surface area contributed by atoms with E-state index in [9.17, 15) is 4.79 Å². The second-order valence-electron chi connectivity index (χ2n) is 6.45. The Morgan fingerprint density at radius 3 is 2.73 bits per heavy atom. The molecule has 0 aliphatic carbocycles. The number of rotatable bonds is 2. The molecular formula is C21H18ClNO3. The summed E-state index contributed by atoms with van der Waals surface area (Å²) in [6.45, 7) is 2.75. The Bertz CT molecular complexity index is 1070. The third kappa shape index (κ3) is 2.86. The highest BCUT2D eigenvalue weighted by molar-refractivity contribution is 6.30. The van der Waals surface area contributed by atoms with Crippen LogP contribution in [0.4, 0.5) is 5.69 Å². The van der Waals surface area contributed by atoms with E-state index in [0.29, 0.717) is 28.3 Å². The topological polar surface area (TPSA) is 42.7 Å². The van der Waals surface area contributed by atoms with Crippen molar-refractivity contribution in [2.24, 2.45) is 0 Å². The lowest BCUT2D eigenvalue weighted by Crippen LogP contribution is -2.28. The number of halogens is 1. The summed E-state index contributed by atoms with van der Waals surface area (Å²) in [4.78, 5) is 14.8. The van der Waals surface area contributed by atoms with Crippen LogP contribution in [0.1, 0.15) is 17.5 Å². The summed E-state index contributed by atoms with van der Waals surface area (Å²) in [5, 5.41) is 1.59. The molecule has 0 unspecified atom stereocenters. The maximum absolute atomic E-state index is 12.7. The van der Waals surface area contributed by atoms with Crippen LogP contribution in [0.3, 0.4) is 0 Å². The van der Waals surface area contributed by atoms with Gasteiger partial charge in [0, 0.05) is 29.6 Å². The van der Waals surface area contributed by atoms with E-state index in [2.05, 4.69) is 4.90 Å². The van der Waals surface area contributed by atoms with Crippen LogP contribution in [0, 0.1) is 6.92 Å². The van der Waals surface area contributed by atoms with Crippen LogP contribution in [-0.2, 0) is 0 Å². The average molecular weight is 368 g/mol. The molecule has 0 fully saturated rings. The van der Waals surface area contributed by atoms with E-state index < -0.39 is 0 Å². The second-order valence-corrected chi connectivity index (χ2v) is 6.89. The summed E-state index contributed by atoms with van der Waals surface area (Å²) in [5.74, 6) is 0.670. The Labute approximate surface area is 156 Å². The molecule has 2 aromatic carbocycles. The molecule has 0 radical (unpaired) electrons. The first-order valence-electron chi connectivity index (χ1n) is 8.44. The highest BCUT2D eigenvalue weighted by atomic mass is 35.5. The molecular weight excluding hydrogens is 350 g/mol. The molecule has 1 aliphatic rings. The number of para-hydroxylation sites is 1. The third-order valence-electron chi connectivity index (χ3n) is 4.67. The summed E-state index contributed by atoms with van der Waals surface area (Å²) >= 11 is 5.90. The van der Waals surface area contributed by atoms with Crippen molar-refractivity contribution in [1.82, 2.24) is 0 Å². The molecule has 0 saturated heterocycles. The van der Waals surface area contributed by atoms with Crippen LogP contribution in [0.5, 0.6) is 5.75 Å². The number of hydrogen-bond acceptors (Lipinski definition) is 4. The summed E-state index contributed by atoms with van der Waals surface area (Å²) in [6.07, 6.45) is 2.35. The quantitative estimate of drug-likeness (QED) is 0.471. The fourth-order valence-electron chi connectivity index (χ4n) is 3.32. The SMILES string of the molecule is Cc1cccc2c3c(c(=O)oc12)/C(=C\Oc1ccc(Cl)cc1)CCN3C. The number of ether oxygens (including phenoxy) is 1. The van der Waals surface area contributed by atoms with Crippen molar-refractivity contribution in [3.63, 3.8) is 0 Å². The Kier molecular flexibility index (Phi) is 4.21. The lowest BCUT2D eigenvalue weighted by molar-refractivity contribution is 0.480. The molecule has 5 heteroatoms. The van der Waals surface area contributed by atoms with Gasteiger partial charge in [-0.2, -0.15) is 0 Å². The highest BCUT2D eigenvalue weighted by Gasteiger charge is 2.26. The van der Waals surface area contributed by atoms with E-state index in [1.54, 1.807) is 30.5 Å². The van der Waals surface area contributed by atoms with Gasteiger partial charge in [-0.25, -0.2) is 4.79 Å². The largest absolute Gasteiger partial charge is 0.465 e. The number of anilines is 1. The Morgan fingerprint density at radius 2 is 1.96 bits per heavy atom. The molecule has 0 bridgehead atoms. The van der Waals surface area contributed by atoms with Crippen LogP contribution in [0.25, 0.3) is 16.5 Å². The van der Waals surface area contributed by atoms with E-state index in [1.165, 1.54) is 0 Å². The van der Waals surface area contributed by atoms with Gasteiger partial charge in [-0.3, -0.25) is 0 Å². The first-order chi connectivity index (χ1) is 12.5. The summed E-state index contributed by atoms with van der Waals surface area (Å²) < 4.78 is 11.4. The molecule has 0 spiro atoms. The van der Waals surface area contributed by atoms with E-state index in [-0.39, 0.29) is 5.63 Å². The van der Waals surface area contributed by atoms with Crippen molar-refractivity contribution in [3.05, 3.63) is 75.3 Å². The maximum Gasteiger partial charge on any atom is 0.346 e. The van der Waals surface area contributed by atoms with E-state index >= 15 is 0 Å². The molecule has 0 amide bonds. The Morgan fingerprint density at radius 1 is 1.19 bits per heavy atom. The zero-order valence-electron chi connectivity index (χ0n) is 14.6. The first-order valence-corrected chi connectivity index (χ1v) is 8.81. The molecule has 2 heterocycles. The van der Waals surface area contributed by atoms with Gasteiger partial charge in [-0.15, -0.1) is 0 Å². The van der Waals surface area contributed by atoms with Crippen molar-refractivity contribution in [3.8, 4) is 5.75 Å². The molecule has 132 valence electrons. The lowest BCUT2D eigenvalue weighted by Gasteiger charge is -2.29. The normalized spacial score (nSPS) is 15.3. The van der Waals surface area contributed by atoms with Gasteiger partial charge < -0.3 is 14.1 Å². The maximum atomic E-state index is 12.7. The van der Waals surface area contributed by atoms with Crippen LogP contribution in [-0.4, -0.2) is 13.6 Å². The first kappa shape index (κ1) is 16.7. The minimum atomic E-state index is -0.334. The molecule has 4 rings (SSSR count). The smallest absolute Gasteiger partial charge is 0.346 e. The second kappa shape index (κ2) is 6.54. The molecule has 1 aromatic heterocycles. The Balaban J connectivity index is 1.84. The van der Waals surface area contributed by atoms with Crippen LogP contribution in [0.15, 0.2) is 57.9 Å². The van der Waals surface area contributed by atoms with E-state index in [0.717, 1.165) is 28.8 Å². The van der Waals surface area contributed by atoms with Gasteiger partial charge in [-0.05, 0) is 49.2 Å². The molecule has 1 aliphatic heterocycles. The van der Waals surface area contributed by atoms with Crippen molar-refractivity contribution in [2.75, 3.05) is 18.5 Å². The van der Waals surface area contributed by atoms with Crippen molar-refractivity contribution in [2.45, 2.75) is 13.3 Å². The van der Waals surface area contributed by atoms with Crippen LogP contribution >= 0.6 is 11.6 Å². The minimum absolute atomic E-state index is 0.334. The zero-order valence-corrected chi connectivity index (χ0v) is 15.3. The van der Waals surface area contributed by atoms with Gasteiger partial charge >= 0.3 is 5.63 Å². The van der Waals surface area contributed by atoms with Crippen LogP contribution in [0.2, 0.25) is 5.02 Å². The van der Waals surface area contributed by atoms with Gasteiger partial charge in [0.05, 0.1) is 17.5 Å². The molecule has 4 nitrogen and oxygen atoms in total. The van der Waals surface area contributed by atoms with Crippen LogP contribution < -0.4 is 15.3 Å². The number of benzene rings is 2. The van der Waals surface area contributed by atoms with Crippen molar-refractivity contribution < 1.29 is 9.15 Å². The summed E-state index contributed by atoms with van der Waals surface area (Å²) in [5.41, 5.74) is 3.57. The summed E-state index contributed by atoms with van der Waals surface area (Å²) in [7, 11) is 2.00. The lowest BCUT2D eigenvalue weighted by atomic mass is 9.96. The number of fused-ring (bicyclic) bond motifs is 3. The highest BCUT2D eigenvalue weighted by Crippen LogP contribution is 2.37. The number of aryl methyl sites for hydroxylation is 1. The fourth-order valence-corrected chi connectivity index (χ4v) is 3.45. The fraction of sp³-hybridized carbons (Fsp3) is 0.190. The number of hydrogen-bond donors (Lipinski definition) is 0. The minimum Gasteiger partial charge on any atom is -0.465 e. The van der Waals surface area contributed by atoms with E-state index in [1.807, 2.05) is 32.2 Å². The number of nitrogens with zero attached hydrogens (tertiary/aromatic N) is 1. The van der Waals surface area contributed by atoms with Gasteiger partial charge in [-0.1, -0.05) is 23.7 Å². The molecule has 3 aromatic rings. The van der Waals surface area contributed by atoms with Gasteiger partial charge in [0.2, 0.25) is 0 Å². The molecule has 0 N–H and O–H groups in total. The van der Waals surface area contributed by atoms with Gasteiger partial charge in [0.1, 0.15) is 11.3 Å². The van der Waals surface area contributed by atoms with Gasteiger partial charge in [0.25, 0.3) is 0 Å². The molecule has 0 saturated carbocycles. The average Bonchev–Trinajstić information content (AvgIpc) is 2.63. The summed E-state index contributed by atoms with van der Waals surface area (Å²) in [6, 6.07) is 13.0. The zero-order chi connectivity index (χ0) is 18.3. The standard InChI is InChI=1S/C21H18ClNO3/c1-13-4-3-5-17-19-18(21(24)26-20(13)17)14(10-11-23(19)2)12-25-16-8-6-15(22)7-9-16/h3-9,12H,10-11H2,1-2H3/b14-12-.